The van der Waals surface area contributed by atoms with Crippen LogP contribution < -0.4 is 24.8 Å². The molecule has 0 unspecified atom stereocenters. The number of pyridine rings is 1. The van der Waals surface area contributed by atoms with Gasteiger partial charge in [0.2, 0.25) is 33.6 Å². The summed E-state index contributed by atoms with van der Waals surface area (Å²) in [4.78, 5) is 60.4. The Bertz CT molecular complexity index is 1930. The van der Waals surface area contributed by atoms with Crippen LogP contribution in [0, 0.1) is 5.92 Å². The van der Waals surface area contributed by atoms with Crippen LogP contribution in [0.25, 0.3) is 10.8 Å². The molecule has 52 heavy (non-hydrogen) atoms. The molecule has 15 nitrogen and oxygen atoms in total. The second-order valence-electron chi connectivity index (χ2n) is 14.9. The zero-order valence-corrected chi connectivity index (χ0v) is 30.2. The van der Waals surface area contributed by atoms with Crippen LogP contribution in [0.4, 0.5) is 4.79 Å². The van der Waals surface area contributed by atoms with Gasteiger partial charge in [0.25, 0.3) is 5.91 Å². The van der Waals surface area contributed by atoms with Crippen LogP contribution in [0.3, 0.4) is 0 Å². The fourth-order valence-electron chi connectivity index (χ4n) is 7.53. The lowest BCUT2D eigenvalue weighted by Crippen LogP contribution is -2.60. The number of rotatable bonds is 6. The van der Waals surface area contributed by atoms with Gasteiger partial charge in [-0.1, -0.05) is 30.4 Å². The number of carbonyl (C=O) groups is 4. The molecule has 4 N–H and O–H groups in total. The number of nitrogens with one attached hydrogen (secondary N) is 3. The van der Waals surface area contributed by atoms with Crippen LogP contribution in [0.5, 0.6) is 11.8 Å². The Morgan fingerprint density at radius 2 is 1.90 bits per heavy atom. The number of allylic oxidation sites excluding steroid dienone is 1. The normalized spacial score (nSPS) is 32.0. The Morgan fingerprint density at radius 1 is 1.15 bits per heavy atom. The molecule has 280 valence electrons. The van der Waals surface area contributed by atoms with Crippen molar-refractivity contribution >= 4 is 44.6 Å². The monoisotopic (exact) mass is 739 g/mol. The quantitative estimate of drug-likeness (QED) is 0.317. The van der Waals surface area contributed by atoms with Crippen LogP contribution in [0.15, 0.2) is 36.4 Å². The van der Waals surface area contributed by atoms with E-state index in [2.05, 4.69) is 15.4 Å². The fraction of sp³-hybridized carbons (Fsp3) is 0.583. The molecule has 1 saturated heterocycles. The third-order valence-corrected chi connectivity index (χ3v) is 13.2. The lowest BCUT2D eigenvalue weighted by Gasteiger charge is -2.32. The SMILES string of the molecule is C[C@@H]1CC/C=C\[C@@H]2C[C@@]2(C(=O)NS(=O)(=O)C2(C)CC2)NC(=O)[C@@H]2C[C@@H](Oc3nc4c(c5ccccc35)CCCO4)CN2C(=O)[C@@H](NC(=O)O)[C@H](C)O1. The molecule has 5 aliphatic rings. The summed E-state index contributed by atoms with van der Waals surface area (Å²) < 4.78 is 45.8. The van der Waals surface area contributed by atoms with Crippen molar-refractivity contribution in [1.29, 1.82) is 0 Å². The lowest BCUT2D eigenvalue weighted by molar-refractivity contribution is -0.144. The number of fused-ring (bicyclic) bond motifs is 5. The van der Waals surface area contributed by atoms with Gasteiger partial charge in [-0.3, -0.25) is 19.1 Å². The molecular weight excluding hydrogens is 694 g/mol. The summed E-state index contributed by atoms with van der Waals surface area (Å²) in [6.45, 7) is 5.38. The van der Waals surface area contributed by atoms with Crippen LogP contribution in [0.2, 0.25) is 0 Å². The third-order valence-electron chi connectivity index (χ3n) is 11.0. The van der Waals surface area contributed by atoms with Gasteiger partial charge in [-0.25, -0.2) is 13.2 Å². The number of amides is 4. The molecule has 2 aliphatic carbocycles. The number of carbonyl (C=O) groups excluding carboxylic acids is 3. The molecule has 0 bridgehead atoms. The van der Waals surface area contributed by atoms with Crippen molar-refractivity contribution in [2.75, 3.05) is 13.2 Å². The minimum atomic E-state index is -4.01. The van der Waals surface area contributed by atoms with E-state index in [0.717, 1.165) is 29.2 Å². The molecule has 16 heteroatoms. The summed E-state index contributed by atoms with van der Waals surface area (Å²) in [5.74, 6) is -2.00. The first-order valence-corrected chi connectivity index (χ1v) is 19.4. The molecule has 0 radical (unpaired) electrons. The number of aryl methyl sites for hydroxylation is 1. The van der Waals surface area contributed by atoms with Gasteiger partial charge in [0.1, 0.15) is 23.7 Å². The molecular formula is C36H45N5O10S. The Hall–Kier alpha value is -4.44. The number of carboxylic acid groups (broad SMARTS) is 1. The van der Waals surface area contributed by atoms with Gasteiger partial charge in [-0.05, 0) is 77.2 Å². The summed E-state index contributed by atoms with van der Waals surface area (Å²) in [6.07, 6.45) is 3.84. The average molecular weight is 740 g/mol. The molecule has 0 spiro atoms. The van der Waals surface area contributed by atoms with E-state index in [-0.39, 0.29) is 31.4 Å². The van der Waals surface area contributed by atoms with E-state index in [1.54, 1.807) is 19.9 Å². The van der Waals surface area contributed by atoms with Crippen LogP contribution >= 0.6 is 0 Å². The summed E-state index contributed by atoms with van der Waals surface area (Å²) in [5.41, 5.74) is -0.593. The van der Waals surface area contributed by atoms with E-state index < -0.39 is 74.3 Å². The first-order valence-electron chi connectivity index (χ1n) is 17.9. The highest BCUT2D eigenvalue weighted by Gasteiger charge is 2.63. The second kappa shape index (κ2) is 13.5. The maximum Gasteiger partial charge on any atom is 0.405 e. The van der Waals surface area contributed by atoms with Crippen LogP contribution in [-0.4, -0.2) is 101 Å². The minimum Gasteiger partial charge on any atom is -0.477 e. The van der Waals surface area contributed by atoms with Crippen molar-refractivity contribution in [3.8, 4) is 11.8 Å². The Labute approximate surface area is 301 Å². The summed E-state index contributed by atoms with van der Waals surface area (Å²) in [5, 5.41) is 16.5. The van der Waals surface area contributed by atoms with Crippen molar-refractivity contribution in [2.24, 2.45) is 5.92 Å². The third kappa shape index (κ3) is 6.77. The molecule has 7 atom stereocenters. The number of hydrogen-bond acceptors (Lipinski definition) is 10. The molecule has 4 heterocycles. The van der Waals surface area contributed by atoms with E-state index in [4.69, 9.17) is 19.2 Å². The van der Waals surface area contributed by atoms with E-state index in [1.165, 1.54) is 4.90 Å². The van der Waals surface area contributed by atoms with Gasteiger partial charge in [0.15, 0.2) is 0 Å². The first-order chi connectivity index (χ1) is 24.7. The van der Waals surface area contributed by atoms with E-state index in [1.807, 2.05) is 37.3 Å². The number of nitrogens with zero attached hydrogens (tertiary/aromatic N) is 2. The van der Waals surface area contributed by atoms with Gasteiger partial charge < -0.3 is 34.9 Å². The lowest BCUT2D eigenvalue weighted by atomic mass is 10.0. The highest BCUT2D eigenvalue weighted by Crippen LogP contribution is 2.47. The zero-order valence-electron chi connectivity index (χ0n) is 29.4. The predicted molar refractivity (Wildman–Crippen MR) is 187 cm³/mol. The van der Waals surface area contributed by atoms with Gasteiger partial charge in [-0.2, -0.15) is 4.98 Å². The van der Waals surface area contributed by atoms with Crippen molar-refractivity contribution in [3.05, 3.63) is 42.0 Å². The standard InChI is InChI=1S/C36H45N5O10S/c1-20-9-4-5-10-22-18-36(22,33(44)40-52(47,48)35(3)14-15-35)39-29(42)27-17-23(19-41(27)32(43)28(21(2)50-20)37-34(45)46)51-31-26-12-7-6-11-24(26)25-13-8-16-49-30(25)38-31/h5-7,10-12,20-23,27-28,37H,4,8-9,13-19H2,1-3H3,(H,39,42)(H,40,44)(H,45,46)/b10-5-/t20-,21+,22-,23-,27+,28+,36-/m1/s1. The number of sulfonamides is 1. The highest BCUT2D eigenvalue weighted by molar-refractivity contribution is 7.91. The number of hydrogen-bond donors (Lipinski definition) is 4. The Balaban J connectivity index is 1.23. The minimum absolute atomic E-state index is 0.0223. The van der Waals surface area contributed by atoms with Gasteiger partial charge in [0, 0.05) is 23.3 Å². The smallest absolute Gasteiger partial charge is 0.405 e. The van der Waals surface area contributed by atoms with E-state index >= 15 is 0 Å². The van der Waals surface area contributed by atoms with Crippen molar-refractivity contribution < 1.29 is 46.9 Å². The predicted octanol–water partition coefficient (Wildman–Crippen LogP) is 2.56. The number of ether oxygens (including phenoxy) is 3. The molecule has 3 aliphatic heterocycles. The average Bonchev–Trinajstić information content (AvgIpc) is 3.98. The Kier molecular flexibility index (Phi) is 9.34. The van der Waals surface area contributed by atoms with Crippen molar-refractivity contribution in [2.45, 2.75) is 113 Å². The molecule has 3 fully saturated rings. The van der Waals surface area contributed by atoms with Gasteiger partial charge in [0.05, 0.1) is 30.1 Å². The first kappa shape index (κ1) is 35.9. The van der Waals surface area contributed by atoms with Gasteiger partial charge >= 0.3 is 6.09 Å². The van der Waals surface area contributed by atoms with Crippen LogP contribution in [0.1, 0.15) is 71.3 Å². The molecule has 1 aromatic heterocycles. The fourth-order valence-corrected chi connectivity index (χ4v) is 8.84. The molecule has 1 aromatic carbocycles. The van der Waals surface area contributed by atoms with Crippen molar-refractivity contribution in [1.82, 2.24) is 25.2 Å². The maximum absolute atomic E-state index is 14.4. The van der Waals surface area contributed by atoms with Gasteiger partial charge in [-0.15, -0.1) is 0 Å². The number of aromatic nitrogens is 1. The number of benzene rings is 1. The van der Waals surface area contributed by atoms with E-state index in [9.17, 15) is 32.7 Å². The zero-order chi connectivity index (χ0) is 37.0. The summed E-state index contributed by atoms with van der Waals surface area (Å²) in [7, 11) is -4.01. The molecule has 2 aromatic rings. The molecule has 7 rings (SSSR count). The maximum atomic E-state index is 14.4. The highest BCUT2D eigenvalue weighted by atomic mass is 32.2. The molecule has 2 saturated carbocycles. The second-order valence-corrected chi connectivity index (χ2v) is 17.1. The summed E-state index contributed by atoms with van der Waals surface area (Å²) >= 11 is 0. The largest absolute Gasteiger partial charge is 0.477 e. The summed E-state index contributed by atoms with van der Waals surface area (Å²) in [6, 6.07) is 5.04. The van der Waals surface area contributed by atoms with Crippen LogP contribution in [-0.2, 0) is 35.6 Å². The molecule has 4 amide bonds. The van der Waals surface area contributed by atoms with Crippen molar-refractivity contribution in [3.63, 3.8) is 0 Å². The topological polar surface area (TPSA) is 203 Å². The Morgan fingerprint density at radius 3 is 2.63 bits per heavy atom. The van der Waals surface area contributed by atoms with E-state index in [0.29, 0.717) is 38.2 Å².